The van der Waals surface area contributed by atoms with E-state index in [1.54, 1.807) is 0 Å². The van der Waals surface area contributed by atoms with Gasteiger partial charge in [-0.2, -0.15) is 0 Å². The van der Waals surface area contributed by atoms with E-state index in [-0.39, 0.29) is 33.3 Å². The Hall–Kier alpha value is 2.95. The van der Waals surface area contributed by atoms with Crippen molar-refractivity contribution in [1.29, 1.82) is 0 Å². The van der Waals surface area contributed by atoms with Gasteiger partial charge >= 0.3 is 74.1 Å². The molecule has 0 aromatic heterocycles. The van der Waals surface area contributed by atoms with Crippen LogP contribution < -0.4 is 0 Å². The van der Waals surface area contributed by atoms with Gasteiger partial charge in [0.2, 0.25) is 0 Å². The van der Waals surface area contributed by atoms with Gasteiger partial charge in [-0.25, -0.2) is 0 Å². The SMILES string of the molecule is [Ag+].[O-2].[O-2].[Ti+3][BaH]. The molecule has 5 heavy (non-hydrogen) atoms. The van der Waals surface area contributed by atoms with Crippen LogP contribution in [0.1, 0.15) is 0 Å². The predicted octanol–water partition coefficient (Wildman–Crippen LogP) is -0.891. The third-order valence-electron chi connectivity index (χ3n) is 0. The average molecular weight is 326 g/mol. The Labute approximate surface area is 82.7 Å². The van der Waals surface area contributed by atoms with E-state index in [0.29, 0.717) is 0 Å². The van der Waals surface area contributed by atoms with E-state index < -0.39 is 0 Å². The van der Waals surface area contributed by atoms with Crippen molar-refractivity contribution in [3.8, 4) is 0 Å². The molecule has 0 aliphatic carbocycles. The van der Waals surface area contributed by atoms with Crippen LogP contribution in [0.2, 0.25) is 0 Å². The van der Waals surface area contributed by atoms with Crippen LogP contribution in [0.25, 0.3) is 0 Å². The fraction of sp³-hybridized carbons (Fsp3) is 0. The first-order valence-electron chi connectivity index (χ1n) is 0.500. The van der Waals surface area contributed by atoms with Crippen LogP contribution >= 0.6 is 0 Å². The summed E-state index contributed by atoms with van der Waals surface area (Å²) in [5.74, 6) is 0. The Bertz CT molecular complexity index is 9.61. The third kappa shape index (κ3) is 19.6. The second kappa shape index (κ2) is 28.3. The van der Waals surface area contributed by atoms with Gasteiger partial charge in [-0.1, -0.05) is 0 Å². The van der Waals surface area contributed by atoms with Crippen LogP contribution in [-0.4, -0.2) is 41.3 Å². The van der Waals surface area contributed by atoms with Gasteiger partial charge in [-0.3, -0.25) is 0 Å². The third-order valence-corrected chi connectivity index (χ3v) is 0. The molecule has 0 aliphatic rings. The molecule has 0 aromatic rings. The monoisotopic (exact) mass is 326 g/mol. The summed E-state index contributed by atoms with van der Waals surface area (Å²) in [6, 6.07) is 0. The molecular formula is HAgBaO2Ti. The van der Waals surface area contributed by atoms with Crippen molar-refractivity contribution in [3.05, 3.63) is 0 Å². The molecule has 0 atom stereocenters. The standard InChI is InChI=1S/Ag.Ba.2O.Ti.H/q+1;;2*-2;+3;. The zero-order valence-corrected chi connectivity index (χ0v) is 11.9. The van der Waals surface area contributed by atoms with E-state index in [4.69, 9.17) is 0 Å². The molecule has 0 saturated carbocycles. The minimum absolute atomic E-state index is 0. The summed E-state index contributed by atoms with van der Waals surface area (Å²) < 4.78 is 0. The zero-order valence-electron chi connectivity index (χ0n) is 2.62. The molecule has 0 amide bonds. The van der Waals surface area contributed by atoms with Gasteiger partial charge < -0.3 is 11.0 Å². The van der Waals surface area contributed by atoms with Crippen molar-refractivity contribution < 1.29 is 43.7 Å². The van der Waals surface area contributed by atoms with Gasteiger partial charge in [0.15, 0.2) is 0 Å². The van der Waals surface area contributed by atoms with Crippen molar-refractivity contribution >= 4 is 41.3 Å². The van der Waals surface area contributed by atoms with Crippen LogP contribution in [0.4, 0.5) is 0 Å². The number of rotatable bonds is 0. The first-order chi connectivity index (χ1) is 1.00. The fourth-order valence-electron chi connectivity index (χ4n) is 0. The summed E-state index contributed by atoms with van der Waals surface area (Å²) in [5, 5.41) is 0. The van der Waals surface area contributed by atoms with E-state index in [1.165, 1.54) is 0 Å². The van der Waals surface area contributed by atoms with Crippen LogP contribution in [0.15, 0.2) is 0 Å². The molecule has 0 bridgehead atoms. The first-order valence-corrected chi connectivity index (χ1v) is 15.0. The minimum atomic E-state index is 0. The summed E-state index contributed by atoms with van der Waals surface area (Å²) in [4.78, 5) is 0. The zero-order chi connectivity index (χ0) is 2.00. The van der Waals surface area contributed by atoms with Gasteiger partial charge in [0.25, 0.3) is 0 Å². The summed E-state index contributed by atoms with van der Waals surface area (Å²) in [6.45, 7) is 0. The van der Waals surface area contributed by atoms with Crippen molar-refractivity contribution in [2.45, 2.75) is 0 Å². The topological polar surface area (TPSA) is 57.0 Å². The van der Waals surface area contributed by atoms with E-state index in [9.17, 15) is 0 Å². The predicted molar refractivity (Wildman–Crippen MR) is 8.52 cm³/mol. The maximum atomic E-state index is 2.22. The number of hydrogen-bond acceptors (Lipinski definition) is 0. The quantitative estimate of drug-likeness (QED) is 0.519. The molecule has 0 N–H and O–H groups in total. The Morgan fingerprint density at radius 3 is 1.00 bits per heavy atom. The molecule has 5 heteroatoms. The van der Waals surface area contributed by atoms with Crippen molar-refractivity contribution in [2.75, 3.05) is 0 Å². The Kier molecular flexibility index (Phi) is 139. The fourth-order valence-corrected chi connectivity index (χ4v) is 0. The molecule has 0 radical (unpaired) electrons. The Morgan fingerprint density at radius 2 is 1.00 bits per heavy atom. The van der Waals surface area contributed by atoms with Gasteiger partial charge in [0.05, 0.1) is 0 Å². The Morgan fingerprint density at radius 1 is 1.00 bits per heavy atom. The van der Waals surface area contributed by atoms with Crippen molar-refractivity contribution in [2.24, 2.45) is 0 Å². The van der Waals surface area contributed by atoms with Gasteiger partial charge in [0, 0.05) is 0 Å². The normalized spacial score (nSPS) is 1.00. The summed E-state index contributed by atoms with van der Waals surface area (Å²) >= 11 is 0.889. The molecule has 0 saturated heterocycles. The molecule has 0 fully saturated rings. The van der Waals surface area contributed by atoms with E-state index in [2.05, 4.69) is 10.4 Å². The molecule has 0 aromatic carbocycles. The van der Waals surface area contributed by atoms with E-state index in [0.717, 1.165) is 41.3 Å². The molecule has 30 valence electrons. The molecule has 0 aliphatic heterocycles. The molecule has 0 unspecified atom stereocenters. The van der Waals surface area contributed by atoms with Crippen LogP contribution in [-0.2, 0) is 43.7 Å². The Balaban J connectivity index is -0.00000000167. The summed E-state index contributed by atoms with van der Waals surface area (Å²) in [7, 11) is 2.22. The molecule has 0 spiro atoms. The second-order valence-corrected chi connectivity index (χ2v) is 0. The summed E-state index contributed by atoms with van der Waals surface area (Å²) in [5.41, 5.74) is 0. The van der Waals surface area contributed by atoms with Crippen molar-refractivity contribution in [3.63, 3.8) is 0 Å². The molecule has 0 rings (SSSR count). The molecule has 0 heterocycles. The average Bonchev–Trinajstić information content (AvgIpc) is 1.00. The van der Waals surface area contributed by atoms with Crippen LogP contribution in [0.5, 0.6) is 0 Å². The molecular weight excluding hydrogens is 325 g/mol. The van der Waals surface area contributed by atoms with E-state index in [1.807, 2.05) is 0 Å². The maximum absolute atomic E-state index is 2.22. The van der Waals surface area contributed by atoms with Crippen LogP contribution in [0, 0.1) is 0 Å². The summed E-state index contributed by atoms with van der Waals surface area (Å²) in [6.07, 6.45) is 0. The van der Waals surface area contributed by atoms with Crippen LogP contribution in [0.3, 0.4) is 0 Å². The van der Waals surface area contributed by atoms with Gasteiger partial charge in [0.1, 0.15) is 0 Å². The number of hydrogen-bond donors (Lipinski definition) is 0. The molecule has 2 nitrogen and oxygen atoms in total. The van der Waals surface area contributed by atoms with Gasteiger partial charge in [-0.05, 0) is 0 Å². The van der Waals surface area contributed by atoms with E-state index >= 15 is 0 Å². The van der Waals surface area contributed by atoms with Gasteiger partial charge in [-0.15, -0.1) is 0 Å². The second-order valence-electron chi connectivity index (χ2n) is 0. The van der Waals surface area contributed by atoms with Crippen molar-refractivity contribution in [1.82, 2.24) is 0 Å². The first kappa shape index (κ1) is 24.6.